The van der Waals surface area contributed by atoms with Gasteiger partial charge in [-0.2, -0.15) is 0 Å². The standard InChI is InChI=1S/C37H53NO8/c1-21(2)14-25(6)33-26(7)31(38-42-8)19-36(46-33)18-29-17-28(45-36)13-12-23(4)15-22(3)10-9-11-27-20-43-34-32(39)24(5)16-30(35(40)44-29)37(27,34)41/h9-12,14,16,21-22,26,28-30,32-34,39,41H,13,15,17-20H2,1-8H3/b10-9?,23-12+,25-14+,27-11+,38-31-/t22-,26-,28+,29-,30-,32+,33+,34+,36-,37+/m0/s1. The molecule has 0 aromatic heterocycles. The molecule has 5 rings (SSSR count). The van der Waals surface area contributed by atoms with Crippen molar-refractivity contribution < 1.29 is 38.8 Å². The van der Waals surface area contributed by atoms with Crippen LogP contribution in [0.3, 0.4) is 0 Å². The number of carbonyl (C=O) groups excluding carboxylic acids is 1. The van der Waals surface area contributed by atoms with Gasteiger partial charge in [-0.15, -0.1) is 0 Å². The fraction of sp³-hybridized carbons (Fsp3) is 0.676. The Balaban J connectivity index is 1.55. The predicted octanol–water partition coefficient (Wildman–Crippen LogP) is 5.73. The lowest BCUT2D eigenvalue weighted by molar-refractivity contribution is -0.313. The van der Waals surface area contributed by atoms with Gasteiger partial charge in [-0.1, -0.05) is 74.9 Å². The van der Waals surface area contributed by atoms with Crippen LogP contribution in [0.4, 0.5) is 0 Å². The normalized spacial score (nSPS) is 43.8. The van der Waals surface area contributed by atoms with Crippen molar-refractivity contribution >= 4 is 11.7 Å². The number of aliphatic hydroxyl groups excluding tert-OH is 1. The van der Waals surface area contributed by atoms with E-state index in [0.29, 0.717) is 42.7 Å². The highest BCUT2D eigenvalue weighted by Gasteiger charge is 2.60. The summed E-state index contributed by atoms with van der Waals surface area (Å²) in [5.74, 6) is -2.15. The van der Waals surface area contributed by atoms with Crippen LogP contribution < -0.4 is 0 Å². The number of aliphatic hydroxyl groups is 2. The van der Waals surface area contributed by atoms with Crippen LogP contribution in [0.25, 0.3) is 0 Å². The lowest BCUT2D eigenvalue weighted by Gasteiger charge is -2.50. The van der Waals surface area contributed by atoms with Gasteiger partial charge in [-0.25, -0.2) is 0 Å². The van der Waals surface area contributed by atoms with E-state index in [4.69, 9.17) is 23.8 Å². The molecule has 46 heavy (non-hydrogen) atoms. The molecule has 0 aromatic carbocycles. The number of esters is 1. The Morgan fingerprint density at radius 1 is 1.20 bits per heavy atom. The van der Waals surface area contributed by atoms with E-state index in [1.165, 1.54) is 5.57 Å². The molecule has 0 aromatic rings. The topological polar surface area (TPSA) is 116 Å². The third kappa shape index (κ3) is 6.99. The van der Waals surface area contributed by atoms with Gasteiger partial charge in [0.05, 0.1) is 24.5 Å². The minimum Gasteiger partial charge on any atom is -0.462 e. The average molecular weight is 640 g/mol. The minimum absolute atomic E-state index is 0.0340. The van der Waals surface area contributed by atoms with Gasteiger partial charge in [0.15, 0.2) is 5.79 Å². The highest BCUT2D eigenvalue weighted by Crippen LogP contribution is 2.47. The van der Waals surface area contributed by atoms with Crippen LogP contribution in [-0.4, -0.2) is 77.5 Å². The zero-order chi connectivity index (χ0) is 33.4. The van der Waals surface area contributed by atoms with Gasteiger partial charge in [0.1, 0.15) is 36.9 Å². The number of hydrogen-bond acceptors (Lipinski definition) is 9. The predicted molar refractivity (Wildman–Crippen MR) is 176 cm³/mol. The fourth-order valence-electron chi connectivity index (χ4n) is 7.94. The SMILES string of the molecule is CO/N=C1/C[C@]2(C[C@@H]3C[C@@H](C/C=C(\C)C[C@@H](C)C=C/C=C4\CO[C@@H]5[C@H](O)C(C)=C[C@@H](C(=O)O3)[C@]45O)O2)O[C@H](/C(C)=C/C(C)C)[C@H]1C. The molecule has 2 N–H and O–H groups in total. The molecule has 0 radical (unpaired) electrons. The molecule has 1 spiro atoms. The molecule has 2 bridgehead atoms. The Kier molecular flexibility index (Phi) is 10.5. The van der Waals surface area contributed by atoms with Crippen molar-refractivity contribution in [3.05, 3.63) is 58.7 Å². The number of allylic oxidation sites excluding steroid dienone is 5. The van der Waals surface area contributed by atoms with E-state index in [-0.39, 0.29) is 30.7 Å². The maximum absolute atomic E-state index is 14.2. The fourth-order valence-corrected chi connectivity index (χ4v) is 7.94. The van der Waals surface area contributed by atoms with Crippen LogP contribution in [0.1, 0.15) is 80.6 Å². The Hall–Kier alpha value is -2.56. The van der Waals surface area contributed by atoms with Gasteiger partial charge in [-0.3, -0.25) is 4.79 Å². The van der Waals surface area contributed by atoms with Gasteiger partial charge >= 0.3 is 5.97 Å². The van der Waals surface area contributed by atoms with E-state index < -0.39 is 41.6 Å². The first-order valence-corrected chi connectivity index (χ1v) is 16.8. The number of carbonyl (C=O) groups is 1. The van der Waals surface area contributed by atoms with Crippen molar-refractivity contribution in [1.82, 2.24) is 0 Å². The van der Waals surface area contributed by atoms with E-state index in [1.807, 2.05) is 12.2 Å². The molecular formula is C37H53NO8. The minimum atomic E-state index is -1.74. The highest BCUT2D eigenvalue weighted by molar-refractivity contribution is 5.88. The summed E-state index contributed by atoms with van der Waals surface area (Å²) in [7, 11) is 1.55. The molecule has 10 atom stereocenters. The summed E-state index contributed by atoms with van der Waals surface area (Å²) in [6.45, 7) is 14.6. The molecule has 3 fully saturated rings. The van der Waals surface area contributed by atoms with Gasteiger partial charge < -0.3 is 34.0 Å². The quantitative estimate of drug-likeness (QED) is 0.229. The molecular weight excluding hydrogens is 586 g/mol. The van der Waals surface area contributed by atoms with Gasteiger partial charge in [0, 0.05) is 25.2 Å². The number of rotatable bonds is 3. The van der Waals surface area contributed by atoms with E-state index >= 15 is 0 Å². The Morgan fingerprint density at radius 2 is 1.96 bits per heavy atom. The summed E-state index contributed by atoms with van der Waals surface area (Å²) >= 11 is 0. The molecule has 1 aliphatic carbocycles. The first kappa shape index (κ1) is 34.8. The Morgan fingerprint density at radius 3 is 2.67 bits per heavy atom. The summed E-state index contributed by atoms with van der Waals surface area (Å²) < 4.78 is 26.0. The van der Waals surface area contributed by atoms with Gasteiger partial charge in [-0.05, 0) is 62.2 Å². The molecule has 254 valence electrons. The monoisotopic (exact) mass is 639 g/mol. The van der Waals surface area contributed by atoms with Crippen molar-refractivity contribution in [2.45, 2.75) is 122 Å². The second-order valence-corrected chi connectivity index (χ2v) is 14.5. The third-order valence-electron chi connectivity index (χ3n) is 10.1. The number of nitrogens with zero attached hydrogens (tertiary/aromatic N) is 1. The number of ether oxygens (including phenoxy) is 4. The maximum atomic E-state index is 14.2. The summed E-state index contributed by atoms with van der Waals surface area (Å²) in [6, 6.07) is 0. The smallest absolute Gasteiger partial charge is 0.316 e. The summed E-state index contributed by atoms with van der Waals surface area (Å²) in [4.78, 5) is 19.4. The van der Waals surface area contributed by atoms with Crippen molar-refractivity contribution in [3.8, 4) is 0 Å². The number of fused-ring (bicyclic) bond motifs is 2. The second-order valence-electron chi connectivity index (χ2n) is 14.5. The average Bonchev–Trinajstić information content (AvgIpc) is 3.31. The molecule has 0 saturated carbocycles. The molecule has 4 aliphatic heterocycles. The lowest BCUT2D eigenvalue weighted by atomic mass is 9.71. The van der Waals surface area contributed by atoms with Crippen molar-refractivity contribution in [3.63, 3.8) is 0 Å². The van der Waals surface area contributed by atoms with Gasteiger partial charge in [0.25, 0.3) is 0 Å². The first-order chi connectivity index (χ1) is 21.8. The molecule has 3 saturated heterocycles. The molecule has 4 heterocycles. The van der Waals surface area contributed by atoms with Crippen molar-refractivity contribution in [1.29, 1.82) is 0 Å². The summed E-state index contributed by atoms with van der Waals surface area (Å²) in [6.07, 6.45) is 11.4. The zero-order valence-corrected chi connectivity index (χ0v) is 28.7. The Labute approximate surface area is 274 Å². The van der Waals surface area contributed by atoms with Crippen LogP contribution in [0.5, 0.6) is 0 Å². The number of oxime groups is 1. The second kappa shape index (κ2) is 13.9. The molecule has 9 nitrogen and oxygen atoms in total. The third-order valence-corrected chi connectivity index (χ3v) is 10.1. The largest absolute Gasteiger partial charge is 0.462 e. The molecule has 0 amide bonds. The molecule has 9 heteroatoms. The first-order valence-electron chi connectivity index (χ1n) is 16.8. The number of hydrogen-bond donors (Lipinski definition) is 2. The van der Waals surface area contributed by atoms with E-state index in [1.54, 1.807) is 20.1 Å². The van der Waals surface area contributed by atoms with Crippen LogP contribution in [0, 0.1) is 23.7 Å². The zero-order valence-electron chi connectivity index (χ0n) is 28.7. The summed E-state index contributed by atoms with van der Waals surface area (Å²) in [5, 5.41) is 27.6. The van der Waals surface area contributed by atoms with Gasteiger partial charge in [0.2, 0.25) is 0 Å². The van der Waals surface area contributed by atoms with Crippen molar-refractivity contribution in [2.24, 2.45) is 28.8 Å². The Bertz CT molecular complexity index is 1340. The maximum Gasteiger partial charge on any atom is 0.316 e. The van der Waals surface area contributed by atoms with Crippen LogP contribution in [-0.2, 0) is 28.6 Å². The summed E-state index contributed by atoms with van der Waals surface area (Å²) in [5.41, 5.74) is 2.54. The molecule has 0 unspecified atom stereocenters. The lowest BCUT2D eigenvalue weighted by Crippen LogP contribution is -2.59. The van der Waals surface area contributed by atoms with E-state index in [0.717, 1.165) is 17.7 Å². The van der Waals surface area contributed by atoms with E-state index in [2.05, 4.69) is 64.9 Å². The van der Waals surface area contributed by atoms with Crippen LogP contribution in [0.2, 0.25) is 0 Å². The van der Waals surface area contributed by atoms with Crippen LogP contribution >= 0.6 is 0 Å². The molecule has 5 aliphatic rings. The van der Waals surface area contributed by atoms with Crippen molar-refractivity contribution in [2.75, 3.05) is 13.7 Å². The van der Waals surface area contributed by atoms with Crippen LogP contribution in [0.15, 0.2) is 63.9 Å². The van der Waals surface area contributed by atoms with E-state index in [9.17, 15) is 15.0 Å². The highest BCUT2D eigenvalue weighted by atomic mass is 16.7.